The zero-order valence-electron chi connectivity index (χ0n) is 20.9. The van der Waals surface area contributed by atoms with Crippen molar-refractivity contribution in [2.24, 2.45) is 0 Å². The smallest absolute Gasteiger partial charge is 0.409 e. The van der Waals surface area contributed by atoms with Crippen LogP contribution in [0.2, 0.25) is 0 Å². The van der Waals surface area contributed by atoms with Crippen LogP contribution in [0.15, 0.2) is 60.8 Å². The van der Waals surface area contributed by atoms with Crippen molar-refractivity contribution < 1.29 is 18.7 Å². The molecule has 0 bridgehead atoms. The van der Waals surface area contributed by atoms with Crippen molar-refractivity contribution in [1.29, 1.82) is 0 Å². The van der Waals surface area contributed by atoms with Crippen molar-refractivity contribution in [3.05, 3.63) is 66.6 Å². The van der Waals surface area contributed by atoms with Gasteiger partial charge < -0.3 is 24.6 Å². The third-order valence-electron chi connectivity index (χ3n) is 6.20. The van der Waals surface area contributed by atoms with Crippen LogP contribution >= 0.6 is 0 Å². The van der Waals surface area contributed by atoms with Crippen molar-refractivity contribution in [3.63, 3.8) is 0 Å². The Morgan fingerprint density at radius 2 is 1.97 bits per heavy atom. The van der Waals surface area contributed by atoms with Crippen LogP contribution in [0.25, 0.3) is 11.1 Å². The van der Waals surface area contributed by atoms with Crippen LogP contribution in [0.1, 0.15) is 26.2 Å². The molecule has 4 rings (SSSR count). The summed E-state index contributed by atoms with van der Waals surface area (Å²) in [6.45, 7) is 5.49. The van der Waals surface area contributed by atoms with Gasteiger partial charge in [0.05, 0.1) is 13.7 Å². The summed E-state index contributed by atoms with van der Waals surface area (Å²) in [5, 5.41) is 3.38. The topological polar surface area (TPSA) is 66.9 Å². The van der Waals surface area contributed by atoms with E-state index in [0.29, 0.717) is 31.3 Å². The lowest BCUT2D eigenvalue weighted by atomic mass is 10.1. The second kappa shape index (κ2) is 12.2. The van der Waals surface area contributed by atoms with E-state index in [2.05, 4.69) is 34.3 Å². The highest BCUT2D eigenvalue weighted by molar-refractivity contribution is 5.74. The van der Waals surface area contributed by atoms with Gasteiger partial charge in [-0.3, -0.25) is 0 Å². The lowest BCUT2D eigenvalue weighted by molar-refractivity contribution is 0.103. The quantitative estimate of drug-likeness (QED) is 0.384. The summed E-state index contributed by atoms with van der Waals surface area (Å²) in [6, 6.07) is 16.4. The third-order valence-corrected chi connectivity index (χ3v) is 6.20. The fourth-order valence-electron chi connectivity index (χ4n) is 4.25. The monoisotopic (exact) mass is 492 g/mol. The van der Waals surface area contributed by atoms with Crippen LogP contribution in [0.3, 0.4) is 0 Å². The summed E-state index contributed by atoms with van der Waals surface area (Å²) >= 11 is 0. The number of amides is 1. The summed E-state index contributed by atoms with van der Waals surface area (Å²) in [6.07, 6.45) is 4.27. The van der Waals surface area contributed by atoms with Gasteiger partial charge in [-0.25, -0.2) is 14.2 Å². The number of nitrogens with zero attached hydrogens (tertiary/aromatic N) is 3. The molecule has 0 unspecified atom stereocenters. The lowest BCUT2D eigenvalue weighted by Gasteiger charge is -2.24. The minimum atomic E-state index is -0.343. The standard InChI is InChI=1S/C28H33FN4O3/c1-3-4-17-36-28(34)33-14-6-13-32(15-16-33)24-8-5-7-23(20-24)31-27-18-21(11-12-30-27)25-10-9-22(29)19-26(25)35-2/h5,7-12,18-20H,3-4,6,13-17H2,1-2H3,(H,30,31). The minimum absolute atomic E-state index is 0.218. The first-order valence-corrected chi connectivity index (χ1v) is 12.4. The number of nitrogens with one attached hydrogen (secondary N) is 1. The molecule has 0 spiro atoms. The molecule has 1 N–H and O–H groups in total. The van der Waals surface area contributed by atoms with Gasteiger partial charge in [-0.1, -0.05) is 19.4 Å². The summed E-state index contributed by atoms with van der Waals surface area (Å²) in [4.78, 5) is 20.9. The maximum absolute atomic E-state index is 13.6. The van der Waals surface area contributed by atoms with Crippen LogP contribution in [-0.2, 0) is 4.74 Å². The molecule has 2 heterocycles. The zero-order chi connectivity index (χ0) is 25.3. The van der Waals surface area contributed by atoms with E-state index in [-0.39, 0.29) is 11.9 Å². The first-order valence-electron chi connectivity index (χ1n) is 12.4. The third kappa shape index (κ3) is 6.44. The highest BCUT2D eigenvalue weighted by atomic mass is 19.1. The van der Waals surface area contributed by atoms with Gasteiger partial charge in [0.2, 0.25) is 0 Å². The molecule has 0 radical (unpaired) electrons. The predicted octanol–water partition coefficient (Wildman–Crippen LogP) is 6.09. The van der Waals surface area contributed by atoms with E-state index in [1.165, 1.54) is 19.2 Å². The van der Waals surface area contributed by atoms with Gasteiger partial charge in [0.25, 0.3) is 0 Å². The summed E-state index contributed by atoms with van der Waals surface area (Å²) in [5.74, 6) is 0.802. The maximum atomic E-state index is 13.6. The van der Waals surface area contributed by atoms with Gasteiger partial charge in [-0.15, -0.1) is 0 Å². The van der Waals surface area contributed by atoms with Gasteiger partial charge in [0.15, 0.2) is 0 Å². The van der Waals surface area contributed by atoms with Gasteiger partial charge in [-0.2, -0.15) is 0 Å². The SMILES string of the molecule is CCCCOC(=O)N1CCCN(c2cccc(Nc3cc(-c4ccc(F)cc4OC)ccn3)c2)CC1. The molecule has 1 amide bonds. The van der Waals surface area contributed by atoms with E-state index in [0.717, 1.165) is 54.9 Å². The number of hydrogen-bond acceptors (Lipinski definition) is 6. The average Bonchev–Trinajstić information content (AvgIpc) is 3.16. The number of anilines is 3. The van der Waals surface area contributed by atoms with Crippen molar-refractivity contribution >= 4 is 23.3 Å². The lowest BCUT2D eigenvalue weighted by Crippen LogP contribution is -2.35. The molecular weight excluding hydrogens is 459 g/mol. The largest absolute Gasteiger partial charge is 0.496 e. The Morgan fingerprint density at radius 1 is 1.08 bits per heavy atom. The van der Waals surface area contributed by atoms with Crippen molar-refractivity contribution in [2.75, 3.05) is 50.1 Å². The number of aromatic nitrogens is 1. The van der Waals surface area contributed by atoms with Crippen molar-refractivity contribution in [3.8, 4) is 16.9 Å². The minimum Gasteiger partial charge on any atom is -0.496 e. The fourth-order valence-corrected chi connectivity index (χ4v) is 4.25. The number of hydrogen-bond donors (Lipinski definition) is 1. The van der Waals surface area contributed by atoms with Crippen LogP contribution in [-0.4, -0.2) is 55.9 Å². The number of rotatable bonds is 8. The summed E-state index contributed by atoms with van der Waals surface area (Å²) < 4.78 is 24.4. The number of pyridine rings is 1. The number of halogens is 1. The molecule has 1 fully saturated rings. The Balaban J connectivity index is 1.43. The molecule has 0 aliphatic carbocycles. The van der Waals surface area contributed by atoms with Crippen molar-refractivity contribution in [1.82, 2.24) is 9.88 Å². The molecule has 2 aromatic carbocycles. The molecule has 0 atom stereocenters. The molecule has 1 aliphatic heterocycles. The molecule has 36 heavy (non-hydrogen) atoms. The van der Waals surface area contributed by atoms with E-state index in [4.69, 9.17) is 9.47 Å². The molecule has 190 valence electrons. The van der Waals surface area contributed by atoms with E-state index in [1.807, 2.05) is 24.3 Å². The normalized spacial score (nSPS) is 13.8. The summed E-state index contributed by atoms with van der Waals surface area (Å²) in [5.41, 5.74) is 3.65. The molecule has 7 nitrogen and oxygen atoms in total. The van der Waals surface area contributed by atoms with Crippen LogP contribution in [0, 0.1) is 5.82 Å². The van der Waals surface area contributed by atoms with E-state index in [9.17, 15) is 9.18 Å². The predicted molar refractivity (Wildman–Crippen MR) is 141 cm³/mol. The number of benzene rings is 2. The Bertz CT molecular complexity index is 1170. The number of carbonyl (C=O) groups excluding carboxylic acids is 1. The first kappa shape index (κ1) is 25.3. The van der Waals surface area contributed by atoms with Gasteiger partial charge in [-0.05, 0) is 60.9 Å². The van der Waals surface area contributed by atoms with Gasteiger partial charge in [0, 0.05) is 55.4 Å². The molecule has 1 saturated heterocycles. The Hall–Kier alpha value is -3.81. The molecule has 3 aromatic rings. The molecule has 1 aliphatic rings. The maximum Gasteiger partial charge on any atom is 0.409 e. The second-order valence-electron chi connectivity index (χ2n) is 8.75. The van der Waals surface area contributed by atoms with Crippen molar-refractivity contribution in [2.45, 2.75) is 26.2 Å². The first-order chi connectivity index (χ1) is 17.6. The van der Waals surface area contributed by atoms with Crippen LogP contribution in [0.5, 0.6) is 5.75 Å². The molecular formula is C28H33FN4O3. The fraction of sp³-hybridized carbons (Fsp3) is 0.357. The number of unbranched alkanes of at least 4 members (excludes halogenated alkanes) is 1. The molecule has 8 heteroatoms. The second-order valence-corrected chi connectivity index (χ2v) is 8.75. The Morgan fingerprint density at radius 3 is 2.81 bits per heavy atom. The molecule has 0 saturated carbocycles. The highest BCUT2D eigenvalue weighted by Crippen LogP contribution is 2.32. The van der Waals surface area contributed by atoms with E-state index >= 15 is 0 Å². The van der Waals surface area contributed by atoms with E-state index < -0.39 is 0 Å². The van der Waals surface area contributed by atoms with Gasteiger partial charge >= 0.3 is 6.09 Å². The van der Waals surface area contributed by atoms with Gasteiger partial charge in [0.1, 0.15) is 17.4 Å². The van der Waals surface area contributed by atoms with E-state index in [1.54, 1.807) is 17.2 Å². The Kier molecular flexibility index (Phi) is 8.60. The van der Waals surface area contributed by atoms with Crippen LogP contribution < -0.4 is 15.0 Å². The average molecular weight is 493 g/mol. The number of methoxy groups -OCH3 is 1. The van der Waals surface area contributed by atoms with Crippen LogP contribution in [0.4, 0.5) is 26.4 Å². The highest BCUT2D eigenvalue weighted by Gasteiger charge is 2.20. The number of ether oxygens (including phenoxy) is 2. The Labute approximate surface area is 211 Å². The zero-order valence-corrected chi connectivity index (χ0v) is 20.9. The summed E-state index contributed by atoms with van der Waals surface area (Å²) in [7, 11) is 1.53. The number of carbonyl (C=O) groups is 1. The molecule has 1 aromatic heterocycles.